The van der Waals surface area contributed by atoms with Gasteiger partial charge >= 0.3 is 5.97 Å². The molecule has 0 saturated carbocycles. The highest BCUT2D eigenvalue weighted by Crippen LogP contribution is 2.34. The molecule has 4 nitrogen and oxygen atoms in total. The largest absolute Gasteiger partial charge is 0.493 e. The second-order valence-corrected chi connectivity index (χ2v) is 7.29. The minimum atomic E-state index is -0.921. The second-order valence-electron chi connectivity index (χ2n) is 7.29. The molecule has 1 N–H and O–H groups in total. The maximum Gasteiger partial charge on any atom is 0.335 e. The van der Waals surface area contributed by atoms with E-state index in [4.69, 9.17) is 9.47 Å². The lowest BCUT2D eigenvalue weighted by Crippen LogP contribution is -2.02. The van der Waals surface area contributed by atoms with E-state index in [1.807, 2.05) is 37.3 Å². The lowest BCUT2D eigenvalue weighted by molar-refractivity contribution is 0.0696. The van der Waals surface area contributed by atoms with Gasteiger partial charge in [0.2, 0.25) is 0 Å². The Kier molecular flexibility index (Phi) is 7.50. The number of methoxy groups -OCH3 is 1. The summed E-state index contributed by atoms with van der Waals surface area (Å²) in [4.78, 5) is 11.4. The molecular weight excluding hydrogens is 376 g/mol. The van der Waals surface area contributed by atoms with E-state index in [0.29, 0.717) is 23.7 Å². The number of hydrogen-bond acceptors (Lipinski definition) is 3. The topological polar surface area (TPSA) is 55.8 Å². The van der Waals surface area contributed by atoms with Crippen molar-refractivity contribution in [3.05, 3.63) is 83.4 Å². The average molecular weight is 405 g/mol. The van der Waals surface area contributed by atoms with E-state index >= 15 is 0 Å². The number of hydrogen-bond donors (Lipinski definition) is 1. The van der Waals surface area contributed by atoms with Crippen LogP contribution in [0, 0.1) is 6.92 Å². The minimum absolute atomic E-state index is 0.309. The zero-order chi connectivity index (χ0) is 21.3. The first-order valence-electron chi connectivity index (χ1n) is 10.3. The first kappa shape index (κ1) is 21.4. The van der Waals surface area contributed by atoms with E-state index in [1.54, 1.807) is 19.2 Å². The van der Waals surface area contributed by atoms with Crippen LogP contribution in [0.5, 0.6) is 11.5 Å². The molecule has 0 radical (unpaired) electrons. The maximum absolute atomic E-state index is 11.4. The Morgan fingerprint density at radius 3 is 2.43 bits per heavy atom. The molecule has 0 unspecified atom stereocenters. The molecule has 0 saturated heterocycles. The van der Waals surface area contributed by atoms with Crippen molar-refractivity contribution in [2.24, 2.45) is 0 Å². The van der Waals surface area contributed by atoms with Crippen LogP contribution >= 0.6 is 0 Å². The van der Waals surface area contributed by atoms with Crippen LogP contribution in [-0.2, 0) is 6.42 Å². The molecule has 30 heavy (non-hydrogen) atoms. The molecule has 0 amide bonds. The molecule has 3 aromatic carbocycles. The van der Waals surface area contributed by atoms with Gasteiger partial charge in [0.05, 0.1) is 19.3 Å². The lowest BCUT2D eigenvalue weighted by atomic mass is 9.96. The van der Waals surface area contributed by atoms with Crippen molar-refractivity contribution in [1.29, 1.82) is 0 Å². The maximum atomic E-state index is 11.4. The fourth-order valence-corrected chi connectivity index (χ4v) is 3.57. The van der Waals surface area contributed by atoms with E-state index in [1.165, 1.54) is 5.56 Å². The molecule has 0 spiro atoms. The van der Waals surface area contributed by atoms with E-state index in [2.05, 4.69) is 24.3 Å². The van der Waals surface area contributed by atoms with Crippen LogP contribution in [0.25, 0.3) is 11.1 Å². The zero-order valence-corrected chi connectivity index (χ0v) is 17.6. The predicted molar refractivity (Wildman–Crippen MR) is 120 cm³/mol. The summed E-state index contributed by atoms with van der Waals surface area (Å²) in [5.74, 6) is 0.433. The van der Waals surface area contributed by atoms with Crippen LogP contribution < -0.4 is 9.47 Å². The summed E-state index contributed by atoms with van der Waals surface area (Å²) in [5.41, 5.74) is 4.21. The molecule has 0 aliphatic carbocycles. The number of benzene rings is 3. The Bertz CT molecular complexity index is 980. The van der Waals surface area contributed by atoms with Gasteiger partial charge in [-0.1, -0.05) is 48.5 Å². The first-order chi connectivity index (χ1) is 14.6. The van der Waals surface area contributed by atoms with Gasteiger partial charge in [-0.05, 0) is 73.1 Å². The third kappa shape index (κ3) is 5.41. The summed E-state index contributed by atoms with van der Waals surface area (Å²) in [6.07, 6.45) is 4.27. The van der Waals surface area contributed by atoms with E-state index in [9.17, 15) is 9.90 Å². The van der Waals surface area contributed by atoms with Crippen LogP contribution in [0.3, 0.4) is 0 Å². The van der Waals surface area contributed by atoms with Crippen molar-refractivity contribution in [2.75, 3.05) is 13.7 Å². The standard InChI is InChI=1S/C26H28O4/c1-19-22(13-9-14-23(19)26(27)28)21-15-16-24(29-2)25(18-21)30-17-8-4-7-12-20-10-5-3-6-11-20/h3,5-6,9-11,13-16,18H,4,7-8,12,17H2,1-2H3,(H,27,28). The number of aryl methyl sites for hydroxylation is 1. The third-order valence-electron chi connectivity index (χ3n) is 5.25. The SMILES string of the molecule is COc1ccc(-c2cccc(C(=O)O)c2C)cc1OCCCCCc1ccccc1. The molecule has 0 aliphatic rings. The third-order valence-corrected chi connectivity index (χ3v) is 5.25. The van der Waals surface area contributed by atoms with Gasteiger partial charge in [0.25, 0.3) is 0 Å². The van der Waals surface area contributed by atoms with E-state index in [-0.39, 0.29) is 0 Å². The fraction of sp³-hybridized carbons (Fsp3) is 0.269. The van der Waals surface area contributed by atoms with Crippen molar-refractivity contribution in [3.63, 3.8) is 0 Å². The van der Waals surface area contributed by atoms with Crippen LogP contribution in [0.4, 0.5) is 0 Å². The summed E-state index contributed by atoms with van der Waals surface area (Å²) >= 11 is 0. The van der Waals surface area contributed by atoms with Gasteiger partial charge < -0.3 is 14.6 Å². The molecule has 0 aliphatic heterocycles. The van der Waals surface area contributed by atoms with E-state index in [0.717, 1.165) is 42.4 Å². The molecule has 3 aromatic rings. The molecule has 4 heteroatoms. The van der Waals surface area contributed by atoms with Crippen molar-refractivity contribution < 1.29 is 19.4 Å². The van der Waals surface area contributed by atoms with Gasteiger partial charge in [-0.2, -0.15) is 0 Å². The normalized spacial score (nSPS) is 10.6. The number of aromatic carboxylic acids is 1. The van der Waals surface area contributed by atoms with Gasteiger partial charge in [0.1, 0.15) is 0 Å². The summed E-state index contributed by atoms with van der Waals surface area (Å²) in [6.45, 7) is 2.44. The molecule has 3 rings (SSSR count). The molecule has 0 aromatic heterocycles. The number of carbonyl (C=O) groups is 1. The molecule has 0 atom stereocenters. The highest BCUT2D eigenvalue weighted by Gasteiger charge is 2.13. The average Bonchev–Trinajstić information content (AvgIpc) is 2.76. The number of carboxylic acid groups (broad SMARTS) is 1. The van der Waals surface area contributed by atoms with Crippen LogP contribution in [0.1, 0.15) is 40.7 Å². The Morgan fingerprint density at radius 1 is 0.900 bits per heavy atom. The Balaban J connectivity index is 1.62. The molecule has 0 heterocycles. The van der Waals surface area contributed by atoms with Crippen molar-refractivity contribution >= 4 is 5.97 Å². The Labute approximate surface area is 178 Å². The van der Waals surface area contributed by atoms with Gasteiger partial charge in [-0.25, -0.2) is 4.79 Å². The van der Waals surface area contributed by atoms with Gasteiger partial charge in [0.15, 0.2) is 11.5 Å². The van der Waals surface area contributed by atoms with Crippen LogP contribution in [0.15, 0.2) is 66.7 Å². The Morgan fingerprint density at radius 2 is 1.70 bits per heavy atom. The van der Waals surface area contributed by atoms with E-state index < -0.39 is 5.97 Å². The minimum Gasteiger partial charge on any atom is -0.493 e. The number of rotatable bonds is 10. The summed E-state index contributed by atoms with van der Waals surface area (Å²) in [7, 11) is 1.62. The second kappa shape index (κ2) is 10.5. The first-order valence-corrected chi connectivity index (χ1v) is 10.3. The smallest absolute Gasteiger partial charge is 0.335 e. The van der Waals surface area contributed by atoms with Gasteiger partial charge in [-0.15, -0.1) is 0 Å². The van der Waals surface area contributed by atoms with Crippen molar-refractivity contribution in [1.82, 2.24) is 0 Å². The lowest BCUT2D eigenvalue weighted by Gasteiger charge is -2.14. The van der Waals surface area contributed by atoms with Crippen LogP contribution in [0.2, 0.25) is 0 Å². The zero-order valence-electron chi connectivity index (χ0n) is 17.6. The molecular formula is C26H28O4. The highest BCUT2D eigenvalue weighted by molar-refractivity contribution is 5.92. The molecule has 156 valence electrons. The summed E-state index contributed by atoms with van der Waals surface area (Å²) < 4.78 is 11.5. The number of ether oxygens (including phenoxy) is 2. The molecule has 0 fully saturated rings. The highest BCUT2D eigenvalue weighted by atomic mass is 16.5. The number of unbranched alkanes of at least 4 members (excludes halogenated alkanes) is 2. The van der Waals surface area contributed by atoms with Crippen LogP contribution in [-0.4, -0.2) is 24.8 Å². The summed E-state index contributed by atoms with van der Waals surface area (Å²) in [5, 5.41) is 9.39. The monoisotopic (exact) mass is 404 g/mol. The van der Waals surface area contributed by atoms with Gasteiger partial charge in [0, 0.05) is 0 Å². The number of carboxylic acids is 1. The summed E-state index contributed by atoms with van der Waals surface area (Å²) in [6, 6.07) is 21.6. The quantitative estimate of drug-likeness (QED) is 0.411. The Hall–Kier alpha value is -3.27. The van der Waals surface area contributed by atoms with Crippen molar-refractivity contribution in [2.45, 2.75) is 32.6 Å². The van der Waals surface area contributed by atoms with Gasteiger partial charge in [-0.3, -0.25) is 0 Å². The predicted octanol–water partition coefficient (Wildman–Crippen LogP) is 6.16. The molecule has 0 bridgehead atoms. The van der Waals surface area contributed by atoms with Crippen molar-refractivity contribution in [3.8, 4) is 22.6 Å². The fourth-order valence-electron chi connectivity index (χ4n) is 3.57.